The van der Waals surface area contributed by atoms with Gasteiger partial charge >= 0.3 is 0 Å². The maximum Gasteiger partial charge on any atom is 0.222 e. The minimum Gasteiger partial charge on any atom is -0.341 e. The van der Waals surface area contributed by atoms with Gasteiger partial charge < -0.3 is 10.2 Å². The fraction of sp³-hybridized carbons (Fsp3) is 0.533. The second-order valence-electron chi connectivity index (χ2n) is 5.17. The number of nitrogens with one attached hydrogen (secondary N) is 1. The van der Waals surface area contributed by atoms with E-state index in [0.717, 1.165) is 23.0 Å². The first-order valence-electron chi connectivity index (χ1n) is 6.87. The smallest absolute Gasteiger partial charge is 0.222 e. The summed E-state index contributed by atoms with van der Waals surface area (Å²) in [5, 5.41) is 3.43. The van der Waals surface area contributed by atoms with Gasteiger partial charge in [-0.1, -0.05) is 34.1 Å². The Morgan fingerprint density at radius 1 is 1.47 bits per heavy atom. The van der Waals surface area contributed by atoms with Crippen LogP contribution in [-0.2, 0) is 11.3 Å². The van der Waals surface area contributed by atoms with Gasteiger partial charge in [-0.2, -0.15) is 0 Å². The Kier molecular flexibility index (Phi) is 5.40. The summed E-state index contributed by atoms with van der Waals surface area (Å²) < 4.78 is 1.06. The molecule has 1 heterocycles. The monoisotopic (exact) mass is 324 g/mol. The third kappa shape index (κ3) is 4.32. The van der Waals surface area contributed by atoms with Crippen LogP contribution in [0.5, 0.6) is 0 Å². The Morgan fingerprint density at radius 3 is 2.95 bits per heavy atom. The summed E-state index contributed by atoms with van der Waals surface area (Å²) in [7, 11) is 1.88. The third-order valence-corrected chi connectivity index (χ3v) is 4.43. The molecule has 0 radical (unpaired) electrons. The van der Waals surface area contributed by atoms with Crippen LogP contribution in [0.25, 0.3) is 0 Å². The van der Waals surface area contributed by atoms with E-state index >= 15 is 0 Å². The van der Waals surface area contributed by atoms with Gasteiger partial charge in [-0.05, 0) is 37.4 Å². The fourth-order valence-corrected chi connectivity index (χ4v) is 2.87. The molecule has 1 fully saturated rings. The minimum atomic E-state index is 0.226. The maximum atomic E-state index is 12.1. The van der Waals surface area contributed by atoms with Gasteiger partial charge in [0.25, 0.3) is 0 Å². The number of halogens is 1. The predicted molar refractivity (Wildman–Crippen MR) is 80.9 cm³/mol. The molecule has 0 aromatic heterocycles. The van der Waals surface area contributed by atoms with Crippen molar-refractivity contribution in [2.24, 2.45) is 0 Å². The molecule has 0 saturated carbocycles. The summed E-state index contributed by atoms with van der Waals surface area (Å²) >= 11 is 3.52. The first-order valence-corrected chi connectivity index (χ1v) is 7.67. The number of hydrogen-bond acceptors (Lipinski definition) is 2. The van der Waals surface area contributed by atoms with Crippen LogP contribution in [0, 0.1) is 0 Å². The van der Waals surface area contributed by atoms with Crippen molar-refractivity contribution in [3.8, 4) is 0 Å². The first-order chi connectivity index (χ1) is 9.16. The van der Waals surface area contributed by atoms with Crippen molar-refractivity contribution >= 4 is 21.8 Å². The van der Waals surface area contributed by atoms with Gasteiger partial charge in [0.05, 0.1) is 0 Å². The Hall–Kier alpha value is -0.870. The topological polar surface area (TPSA) is 32.3 Å². The first kappa shape index (κ1) is 14.5. The van der Waals surface area contributed by atoms with Crippen molar-refractivity contribution in [3.63, 3.8) is 0 Å². The number of amides is 1. The van der Waals surface area contributed by atoms with E-state index in [1.165, 1.54) is 12.8 Å². The number of carbonyl (C=O) groups is 1. The number of hydrogen-bond donors (Lipinski definition) is 1. The molecule has 1 aliphatic rings. The van der Waals surface area contributed by atoms with Crippen LogP contribution in [0.15, 0.2) is 28.7 Å². The van der Waals surface area contributed by atoms with Crippen LogP contribution < -0.4 is 5.32 Å². The van der Waals surface area contributed by atoms with E-state index in [-0.39, 0.29) is 5.91 Å². The molecular formula is C15H21BrN2O. The zero-order valence-electron chi connectivity index (χ0n) is 11.4. The lowest BCUT2D eigenvalue weighted by Crippen LogP contribution is -2.29. The van der Waals surface area contributed by atoms with Crippen LogP contribution in [0.3, 0.4) is 0 Å². The number of benzene rings is 1. The van der Waals surface area contributed by atoms with E-state index in [1.54, 1.807) is 0 Å². The number of rotatable bonds is 5. The highest BCUT2D eigenvalue weighted by Gasteiger charge is 2.17. The van der Waals surface area contributed by atoms with E-state index in [9.17, 15) is 4.79 Å². The molecule has 3 nitrogen and oxygen atoms in total. The van der Waals surface area contributed by atoms with Crippen molar-refractivity contribution in [3.05, 3.63) is 34.3 Å². The van der Waals surface area contributed by atoms with E-state index in [0.29, 0.717) is 19.0 Å². The summed E-state index contributed by atoms with van der Waals surface area (Å²) in [6.07, 6.45) is 4.05. The molecule has 104 valence electrons. The zero-order valence-corrected chi connectivity index (χ0v) is 12.9. The van der Waals surface area contributed by atoms with E-state index in [2.05, 4.69) is 21.2 Å². The van der Waals surface area contributed by atoms with E-state index in [4.69, 9.17) is 0 Å². The van der Waals surface area contributed by atoms with Crippen LogP contribution in [0.1, 0.15) is 31.2 Å². The molecule has 0 aliphatic carbocycles. The molecule has 2 rings (SSSR count). The van der Waals surface area contributed by atoms with E-state index < -0.39 is 0 Å². The average molecular weight is 325 g/mol. The third-order valence-electron chi connectivity index (χ3n) is 3.66. The minimum absolute atomic E-state index is 0.226. The maximum absolute atomic E-state index is 12.1. The Labute approximate surface area is 123 Å². The average Bonchev–Trinajstić information content (AvgIpc) is 2.91. The summed E-state index contributed by atoms with van der Waals surface area (Å²) in [4.78, 5) is 13.9. The van der Waals surface area contributed by atoms with Gasteiger partial charge in [0.1, 0.15) is 0 Å². The summed E-state index contributed by atoms with van der Waals surface area (Å²) in [5.74, 6) is 0.226. The number of nitrogens with zero attached hydrogens (tertiary/aromatic N) is 1. The highest BCUT2D eigenvalue weighted by atomic mass is 79.9. The normalized spacial score (nSPS) is 18.5. The largest absolute Gasteiger partial charge is 0.341 e. The summed E-state index contributed by atoms with van der Waals surface area (Å²) in [5.41, 5.74) is 1.15. The van der Waals surface area contributed by atoms with Gasteiger partial charge in [-0.25, -0.2) is 0 Å². The van der Waals surface area contributed by atoms with Gasteiger partial charge in [0.2, 0.25) is 5.91 Å². The summed E-state index contributed by atoms with van der Waals surface area (Å²) in [6.45, 7) is 1.77. The number of carbonyl (C=O) groups excluding carboxylic acids is 1. The van der Waals surface area contributed by atoms with Gasteiger partial charge in [0.15, 0.2) is 0 Å². The molecule has 1 atom stereocenters. The predicted octanol–water partition coefficient (Wildman–Crippen LogP) is 2.94. The molecule has 1 amide bonds. The molecule has 4 heteroatoms. The van der Waals surface area contributed by atoms with Gasteiger partial charge in [0, 0.05) is 30.5 Å². The molecule has 1 unspecified atom stereocenters. The molecule has 19 heavy (non-hydrogen) atoms. The van der Waals surface area contributed by atoms with Crippen molar-refractivity contribution in [2.45, 2.75) is 38.3 Å². The van der Waals surface area contributed by atoms with Crippen LogP contribution in [-0.4, -0.2) is 30.4 Å². The lowest BCUT2D eigenvalue weighted by molar-refractivity contribution is -0.130. The lowest BCUT2D eigenvalue weighted by atomic mass is 10.1. The van der Waals surface area contributed by atoms with E-state index in [1.807, 2.05) is 36.2 Å². The molecule has 0 spiro atoms. The SMILES string of the molecule is CN(Cc1ccccc1Br)C(=O)CCC1CCCN1. The molecular weight excluding hydrogens is 304 g/mol. The molecule has 1 aromatic carbocycles. The summed E-state index contributed by atoms with van der Waals surface area (Å²) in [6, 6.07) is 8.59. The molecule has 1 saturated heterocycles. The Balaban J connectivity index is 1.80. The van der Waals surface area contributed by atoms with Crippen LogP contribution in [0.2, 0.25) is 0 Å². The standard InChI is InChI=1S/C15H21BrN2O/c1-18(11-12-5-2-3-7-14(12)16)15(19)9-8-13-6-4-10-17-13/h2-3,5,7,13,17H,4,6,8-11H2,1H3. The highest BCUT2D eigenvalue weighted by molar-refractivity contribution is 9.10. The second kappa shape index (κ2) is 7.06. The quantitative estimate of drug-likeness (QED) is 0.903. The molecule has 0 bridgehead atoms. The van der Waals surface area contributed by atoms with Gasteiger partial charge in [-0.15, -0.1) is 0 Å². The van der Waals surface area contributed by atoms with Crippen LogP contribution >= 0.6 is 15.9 Å². The van der Waals surface area contributed by atoms with Crippen molar-refractivity contribution in [1.82, 2.24) is 10.2 Å². The second-order valence-corrected chi connectivity index (χ2v) is 6.03. The Morgan fingerprint density at radius 2 is 2.26 bits per heavy atom. The van der Waals surface area contributed by atoms with Crippen molar-refractivity contribution in [1.29, 1.82) is 0 Å². The lowest BCUT2D eigenvalue weighted by Gasteiger charge is -2.19. The van der Waals surface area contributed by atoms with Crippen molar-refractivity contribution in [2.75, 3.05) is 13.6 Å². The van der Waals surface area contributed by atoms with Crippen molar-refractivity contribution < 1.29 is 4.79 Å². The zero-order chi connectivity index (χ0) is 13.7. The van der Waals surface area contributed by atoms with Gasteiger partial charge in [-0.3, -0.25) is 4.79 Å². The fourth-order valence-electron chi connectivity index (χ4n) is 2.46. The molecule has 1 N–H and O–H groups in total. The van der Waals surface area contributed by atoms with Crippen LogP contribution in [0.4, 0.5) is 0 Å². The Bertz CT molecular complexity index is 430. The highest BCUT2D eigenvalue weighted by Crippen LogP contribution is 2.18. The molecule has 1 aliphatic heterocycles. The molecule has 1 aromatic rings.